The minimum atomic E-state index is -4.95. The number of hydrogen-bond donors (Lipinski definition) is 2. The van der Waals surface area contributed by atoms with E-state index in [1.165, 1.54) is 0 Å². The molecule has 0 atom stereocenters. The fourth-order valence-electron chi connectivity index (χ4n) is 3.81. The van der Waals surface area contributed by atoms with E-state index >= 15 is 0 Å². The van der Waals surface area contributed by atoms with Crippen LogP contribution < -0.4 is 11.5 Å². The number of carbonyl (C=O) groups excluding carboxylic acids is 2. The van der Waals surface area contributed by atoms with E-state index in [0.717, 1.165) is 25.5 Å². The van der Waals surface area contributed by atoms with Crippen molar-refractivity contribution in [2.24, 2.45) is 16.5 Å². The van der Waals surface area contributed by atoms with Gasteiger partial charge in [0.25, 0.3) is 11.1 Å². The molecule has 1 saturated carbocycles. The molecule has 4 N–H and O–H groups in total. The van der Waals surface area contributed by atoms with Gasteiger partial charge in [0.1, 0.15) is 0 Å². The molecule has 0 aromatic heterocycles. The summed E-state index contributed by atoms with van der Waals surface area (Å²) in [6, 6.07) is 10.6. The molecule has 0 unspecified atom stereocenters. The summed E-state index contributed by atoms with van der Waals surface area (Å²) >= 11 is 5.16. The summed E-state index contributed by atoms with van der Waals surface area (Å²) in [6.45, 7) is 1.04. The number of sulfone groups is 1. The summed E-state index contributed by atoms with van der Waals surface area (Å²) in [4.78, 5) is 24.8. The second-order valence-electron chi connectivity index (χ2n) is 7.90. The molecule has 0 spiro atoms. The van der Waals surface area contributed by atoms with Crippen molar-refractivity contribution in [3.05, 3.63) is 64.7 Å². The molecular weight excluding hydrogens is 507 g/mol. The lowest BCUT2D eigenvalue weighted by Gasteiger charge is -2.24. The molecule has 190 valence electrons. The smallest absolute Gasteiger partial charge is 0.370 e. The van der Waals surface area contributed by atoms with Gasteiger partial charge in [-0.25, -0.2) is 8.42 Å². The van der Waals surface area contributed by atoms with E-state index in [9.17, 15) is 31.2 Å². The monoisotopic (exact) mass is 531 g/mol. The molecule has 1 fully saturated rings. The van der Waals surface area contributed by atoms with Crippen LogP contribution in [0.2, 0.25) is 0 Å². The first-order chi connectivity index (χ1) is 16.3. The number of benzene rings is 2. The fourth-order valence-corrected chi connectivity index (χ4v) is 6.06. The number of amides is 1. The number of rotatable bonds is 4. The van der Waals surface area contributed by atoms with E-state index in [-0.39, 0.29) is 0 Å². The summed E-state index contributed by atoms with van der Waals surface area (Å²) in [5.41, 5.74) is 8.48. The lowest BCUT2D eigenvalue weighted by molar-refractivity contribution is -0.140. The first-order valence-corrected chi connectivity index (χ1v) is 12.5. The van der Waals surface area contributed by atoms with Crippen LogP contribution in [-0.4, -0.2) is 30.8 Å². The molecule has 35 heavy (non-hydrogen) atoms. The maximum atomic E-state index is 13.7. The van der Waals surface area contributed by atoms with Crippen LogP contribution in [0.25, 0.3) is 0 Å². The van der Waals surface area contributed by atoms with Gasteiger partial charge >= 0.3 is 6.18 Å². The Morgan fingerprint density at radius 1 is 1.00 bits per heavy atom. The highest BCUT2D eigenvalue weighted by atomic mass is 35.5. The highest BCUT2D eigenvalue weighted by Crippen LogP contribution is 2.40. The Hall–Kier alpha value is -2.92. The molecular formula is C23H25ClF3N3O4S. The molecule has 3 rings (SSSR count). The van der Waals surface area contributed by atoms with Gasteiger partial charge in [-0.05, 0) is 49.1 Å². The van der Waals surface area contributed by atoms with Crippen molar-refractivity contribution < 1.29 is 31.2 Å². The number of guanidine groups is 1. The normalized spacial score (nSPS) is 14.4. The first kappa shape index (κ1) is 28.3. The van der Waals surface area contributed by atoms with E-state index in [1.54, 1.807) is 24.3 Å². The topological polar surface area (TPSA) is 133 Å². The van der Waals surface area contributed by atoms with Gasteiger partial charge in [-0.15, -0.1) is 0 Å². The summed E-state index contributed by atoms with van der Waals surface area (Å²) in [5, 5.41) is -1.26. The number of nitrogens with zero attached hydrogens (tertiary/aromatic N) is 1. The number of carbonyl (C=O) groups is 2. The fraction of sp³-hybridized carbons (Fsp3) is 0.348. The van der Waals surface area contributed by atoms with Crippen molar-refractivity contribution >= 4 is 38.5 Å². The summed E-state index contributed by atoms with van der Waals surface area (Å²) < 4.78 is 66.6. The Morgan fingerprint density at radius 2 is 1.57 bits per heavy atom. The maximum Gasteiger partial charge on any atom is 0.417 e. The second-order valence-corrected chi connectivity index (χ2v) is 10.4. The van der Waals surface area contributed by atoms with Gasteiger partial charge in [-0.3, -0.25) is 9.59 Å². The number of alkyl halides is 3. The van der Waals surface area contributed by atoms with Crippen molar-refractivity contribution in [2.75, 3.05) is 0 Å². The molecule has 0 radical (unpaired) electrons. The van der Waals surface area contributed by atoms with E-state index in [0.29, 0.717) is 31.2 Å². The van der Waals surface area contributed by atoms with Gasteiger partial charge in [-0.1, -0.05) is 49.6 Å². The van der Waals surface area contributed by atoms with Crippen molar-refractivity contribution in [3.8, 4) is 0 Å². The second kappa shape index (κ2) is 11.7. The van der Waals surface area contributed by atoms with Gasteiger partial charge in [-0.2, -0.15) is 18.2 Å². The van der Waals surface area contributed by atoms with Gasteiger partial charge in [0.2, 0.25) is 0 Å². The number of halogens is 4. The molecule has 12 heteroatoms. The first-order valence-electron chi connectivity index (χ1n) is 10.6. The van der Waals surface area contributed by atoms with Crippen molar-refractivity contribution in [1.29, 1.82) is 0 Å². The van der Waals surface area contributed by atoms with Crippen molar-refractivity contribution in [2.45, 2.75) is 55.3 Å². The highest BCUT2D eigenvalue weighted by molar-refractivity contribution is 7.92. The van der Waals surface area contributed by atoms with Crippen LogP contribution >= 0.6 is 11.6 Å². The van der Waals surface area contributed by atoms with Crippen LogP contribution in [0.3, 0.4) is 0 Å². The Labute approximate surface area is 206 Å². The molecule has 1 aliphatic rings. The summed E-state index contributed by atoms with van der Waals surface area (Å²) in [7, 11) is -4.18. The van der Waals surface area contributed by atoms with E-state index in [4.69, 9.17) is 23.1 Å². The molecule has 7 nitrogen and oxygen atoms in total. The molecule has 0 aliphatic heterocycles. The Kier molecular flexibility index (Phi) is 9.45. The molecule has 2 aromatic carbocycles. The lowest BCUT2D eigenvalue weighted by Crippen LogP contribution is -2.28. The Morgan fingerprint density at radius 3 is 2.03 bits per heavy atom. The van der Waals surface area contributed by atoms with E-state index < -0.39 is 60.0 Å². The molecule has 0 heterocycles. The highest BCUT2D eigenvalue weighted by Gasteiger charge is 2.42. The van der Waals surface area contributed by atoms with Crippen LogP contribution in [0.15, 0.2) is 52.4 Å². The number of aliphatic imine (C=N–C) groups is 1. The minimum absolute atomic E-state index is 0.327. The lowest BCUT2D eigenvalue weighted by atomic mass is 10.0. The largest absolute Gasteiger partial charge is 0.417 e. The van der Waals surface area contributed by atoms with Gasteiger partial charge in [0.05, 0.1) is 15.7 Å². The van der Waals surface area contributed by atoms with E-state index in [2.05, 4.69) is 4.99 Å². The third kappa shape index (κ3) is 7.28. The standard InChI is InChI=1S/C16H20F3N3O3S.C7H5ClO/c1-9-11(14(23)22-15(20)21)7-8-12(13(9)16(17,18)19)26(24,25)10-5-3-2-4-6-10;8-7(9)6-4-2-1-3-5-6/h7-8,10H,2-6H2,1H3,(H4,20,21,22,23);1-5H. The van der Waals surface area contributed by atoms with E-state index in [1.807, 2.05) is 6.07 Å². The minimum Gasteiger partial charge on any atom is -0.370 e. The zero-order valence-electron chi connectivity index (χ0n) is 18.8. The summed E-state index contributed by atoms with van der Waals surface area (Å²) in [5.74, 6) is -1.66. The SMILES string of the molecule is Cc1c(C(=O)N=C(N)N)ccc(S(=O)(=O)C2CCCCC2)c1C(F)(F)F.O=C(Cl)c1ccccc1. The average Bonchev–Trinajstić information content (AvgIpc) is 2.79. The number of hydrogen-bond acceptors (Lipinski definition) is 4. The van der Waals surface area contributed by atoms with Gasteiger partial charge in [0, 0.05) is 11.1 Å². The third-order valence-corrected chi connectivity index (χ3v) is 7.99. The summed E-state index contributed by atoms with van der Waals surface area (Å²) in [6.07, 6.45) is -2.12. The molecule has 1 amide bonds. The van der Waals surface area contributed by atoms with Crippen molar-refractivity contribution in [1.82, 2.24) is 0 Å². The van der Waals surface area contributed by atoms with Crippen molar-refractivity contribution in [3.63, 3.8) is 0 Å². The number of nitrogens with two attached hydrogens (primary N) is 2. The predicted molar refractivity (Wildman–Crippen MR) is 127 cm³/mol. The third-order valence-electron chi connectivity index (χ3n) is 5.47. The average molecular weight is 532 g/mol. The van der Waals surface area contributed by atoms with Crippen LogP contribution in [0.1, 0.15) is 63.9 Å². The predicted octanol–water partition coefficient (Wildman–Crippen LogP) is 4.60. The van der Waals surface area contributed by atoms with Crippen LogP contribution in [-0.2, 0) is 16.0 Å². The Balaban J connectivity index is 0.000000402. The Bertz CT molecular complexity index is 1210. The van der Waals surface area contributed by atoms with Gasteiger partial charge < -0.3 is 11.5 Å². The molecule has 0 bridgehead atoms. The van der Waals surface area contributed by atoms with Crippen LogP contribution in [0, 0.1) is 6.92 Å². The molecule has 0 saturated heterocycles. The molecule has 2 aromatic rings. The van der Waals surface area contributed by atoms with Gasteiger partial charge in [0.15, 0.2) is 15.8 Å². The van der Waals surface area contributed by atoms with Crippen LogP contribution in [0.4, 0.5) is 13.2 Å². The zero-order chi connectivity index (χ0) is 26.4. The molecule has 1 aliphatic carbocycles. The maximum absolute atomic E-state index is 13.7. The zero-order valence-corrected chi connectivity index (χ0v) is 20.4. The van der Waals surface area contributed by atoms with Crippen LogP contribution in [0.5, 0.6) is 0 Å². The quantitative estimate of drug-likeness (QED) is 0.336.